The van der Waals surface area contributed by atoms with Crippen LogP contribution in [0.2, 0.25) is 0 Å². The van der Waals surface area contributed by atoms with Crippen LogP contribution in [0.1, 0.15) is 0 Å². The summed E-state index contributed by atoms with van der Waals surface area (Å²) in [6, 6.07) is 6.55. The zero-order valence-electron chi connectivity index (χ0n) is 10.2. The number of esters is 1. The molecule has 1 heterocycles. The van der Waals surface area contributed by atoms with Gasteiger partial charge in [0, 0.05) is 23.7 Å². The van der Waals surface area contributed by atoms with E-state index in [1.165, 1.54) is 13.2 Å². The normalized spacial score (nSPS) is 10.3. The number of carbonyl (C=O) groups is 1. The number of ether oxygens (including phenoxy) is 2. The SMILES string of the molecule is COC(=O)Cn1ccc(=O)c2ccc(OC)cc21. The topological polar surface area (TPSA) is 57.5 Å². The number of hydrogen-bond donors (Lipinski definition) is 0. The second-order valence-corrected chi connectivity index (χ2v) is 3.77. The van der Waals surface area contributed by atoms with Crippen molar-refractivity contribution >= 4 is 16.9 Å². The van der Waals surface area contributed by atoms with Crippen molar-refractivity contribution in [3.8, 4) is 5.75 Å². The van der Waals surface area contributed by atoms with Gasteiger partial charge in [-0.3, -0.25) is 9.59 Å². The van der Waals surface area contributed by atoms with E-state index < -0.39 is 0 Å². The first kappa shape index (κ1) is 12.2. The molecule has 1 aromatic carbocycles. The van der Waals surface area contributed by atoms with Crippen molar-refractivity contribution in [1.29, 1.82) is 0 Å². The lowest BCUT2D eigenvalue weighted by molar-refractivity contribution is -0.141. The molecular formula is C13H13NO4. The lowest BCUT2D eigenvalue weighted by atomic mass is 10.2. The highest BCUT2D eigenvalue weighted by Crippen LogP contribution is 2.18. The average Bonchev–Trinajstić information content (AvgIpc) is 2.41. The van der Waals surface area contributed by atoms with Crippen LogP contribution in [-0.2, 0) is 16.1 Å². The quantitative estimate of drug-likeness (QED) is 0.764. The fourth-order valence-corrected chi connectivity index (χ4v) is 1.75. The van der Waals surface area contributed by atoms with Gasteiger partial charge in [0.1, 0.15) is 12.3 Å². The first-order valence-electron chi connectivity index (χ1n) is 5.39. The Hall–Kier alpha value is -2.30. The first-order chi connectivity index (χ1) is 8.65. The molecule has 1 aromatic heterocycles. The number of fused-ring (bicyclic) bond motifs is 1. The number of carbonyl (C=O) groups excluding carboxylic acids is 1. The van der Waals surface area contributed by atoms with Gasteiger partial charge in [-0.2, -0.15) is 0 Å². The molecule has 94 valence electrons. The maximum atomic E-state index is 11.7. The monoisotopic (exact) mass is 247 g/mol. The Kier molecular flexibility index (Phi) is 3.32. The van der Waals surface area contributed by atoms with Crippen LogP contribution >= 0.6 is 0 Å². The molecule has 0 aliphatic heterocycles. The van der Waals surface area contributed by atoms with Crippen molar-refractivity contribution in [1.82, 2.24) is 4.57 Å². The van der Waals surface area contributed by atoms with Crippen LogP contribution in [0.25, 0.3) is 10.9 Å². The highest BCUT2D eigenvalue weighted by atomic mass is 16.5. The largest absolute Gasteiger partial charge is 0.497 e. The summed E-state index contributed by atoms with van der Waals surface area (Å²) in [5, 5.41) is 0.544. The summed E-state index contributed by atoms with van der Waals surface area (Å²) in [5.41, 5.74) is 0.556. The van der Waals surface area contributed by atoms with Crippen LogP contribution in [-0.4, -0.2) is 24.8 Å². The highest BCUT2D eigenvalue weighted by Gasteiger charge is 2.07. The Bertz CT molecular complexity index is 645. The summed E-state index contributed by atoms with van der Waals surface area (Å²) >= 11 is 0. The first-order valence-corrected chi connectivity index (χ1v) is 5.39. The highest BCUT2D eigenvalue weighted by molar-refractivity contribution is 5.82. The van der Waals surface area contributed by atoms with E-state index in [0.29, 0.717) is 16.7 Å². The third-order valence-corrected chi connectivity index (χ3v) is 2.71. The fourth-order valence-electron chi connectivity index (χ4n) is 1.75. The molecule has 2 rings (SSSR count). The van der Waals surface area contributed by atoms with Gasteiger partial charge in [0.2, 0.25) is 0 Å². The molecule has 5 heteroatoms. The summed E-state index contributed by atoms with van der Waals surface area (Å²) in [5.74, 6) is 0.259. The number of rotatable bonds is 3. The van der Waals surface area contributed by atoms with E-state index in [2.05, 4.69) is 4.74 Å². The number of benzene rings is 1. The van der Waals surface area contributed by atoms with Crippen molar-refractivity contribution in [2.24, 2.45) is 0 Å². The standard InChI is InChI=1S/C13H13NO4/c1-17-9-3-4-10-11(7-9)14(6-5-12(10)15)8-13(16)18-2/h3-7H,8H2,1-2H3. The Labute approximate surface area is 104 Å². The van der Waals surface area contributed by atoms with Crippen LogP contribution in [0.3, 0.4) is 0 Å². The van der Waals surface area contributed by atoms with Crippen LogP contribution in [0.5, 0.6) is 5.75 Å². The number of aromatic nitrogens is 1. The predicted octanol–water partition coefficient (Wildman–Crippen LogP) is 1.18. The molecular weight excluding hydrogens is 234 g/mol. The van der Waals surface area contributed by atoms with Crippen LogP contribution in [0.15, 0.2) is 35.3 Å². The van der Waals surface area contributed by atoms with Gasteiger partial charge >= 0.3 is 5.97 Å². The van der Waals surface area contributed by atoms with E-state index in [0.717, 1.165) is 0 Å². The molecule has 0 radical (unpaired) electrons. The zero-order valence-corrected chi connectivity index (χ0v) is 10.2. The molecule has 0 spiro atoms. The lowest BCUT2D eigenvalue weighted by Gasteiger charge is -2.10. The predicted molar refractivity (Wildman–Crippen MR) is 66.8 cm³/mol. The van der Waals surface area contributed by atoms with E-state index in [1.54, 1.807) is 36.1 Å². The van der Waals surface area contributed by atoms with Crippen molar-refractivity contribution in [3.05, 3.63) is 40.7 Å². The van der Waals surface area contributed by atoms with Crippen molar-refractivity contribution in [3.63, 3.8) is 0 Å². The van der Waals surface area contributed by atoms with Gasteiger partial charge in [-0.1, -0.05) is 0 Å². The summed E-state index contributed by atoms with van der Waals surface area (Å²) in [6.07, 6.45) is 1.57. The Morgan fingerprint density at radius 1 is 1.28 bits per heavy atom. The van der Waals surface area contributed by atoms with Crippen molar-refractivity contribution < 1.29 is 14.3 Å². The molecule has 0 saturated heterocycles. The van der Waals surface area contributed by atoms with Crippen molar-refractivity contribution in [2.45, 2.75) is 6.54 Å². The molecule has 0 aliphatic rings. The number of pyridine rings is 1. The molecule has 0 atom stereocenters. The molecule has 2 aromatic rings. The molecule has 0 amide bonds. The number of methoxy groups -OCH3 is 2. The zero-order chi connectivity index (χ0) is 13.1. The van der Waals surface area contributed by atoms with Gasteiger partial charge in [-0.25, -0.2) is 0 Å². The van der Waals surface area contributed by atoms with Crippen LogP contribution < -0.4 is 10.2 Å². The second-order valence-electron chi connectivity index (χ2n) is 3.77. The smallest absolute Gasteiger partial charge is 0.325 e. The van der Waals surface area contributed by atoms with Gasteiger partial charge in [-0.15, -0.1) is 0 Å². The van der Waals surface area contributed by atoms with Crippen molar-refractivity contribution in [2.75, 3.05) is 14.2 Å². The summed E-state index contributed by atoms with van der Waals surface area (Å²) in [6.45, 7) is 0.0560. The second kappa shape index (κ2) is 4.91. The summed E-state index contributed by atoms with van der Waals surface area (Å²) < 4.78 is 11.4. The summed E-state index contributed by atoms with van der Waals surface area (Å²) in [4.78, 5) is 23.0. The molecule has 18 heavy (non-hydrogen) atoms. The fraction of sp³-hybridized carbons (Fsp3) is 0.231. The van der Waals surface area contributed by atoms with E-state index in [-0.39, 0.29) is 17.9 Å². The Morgan fingerprint density at radius 2 is 2.06 bits per heavy atom. The van der Waals surface area contributed by atoms with E-state index >= 15 is 0 Å². The molecule has 5 nitrogen and oxygen atoms in total. The third kappa shape index (κ3) is 2.20. The maximum absolute atomic E-state index is 11.7. The minimum absolute atomic E-state index is 0.0560. The van der Waals surface area contributed by atoms with E-state index in [4.69, 9.17) is 4.74 Å². The number of nitrogens with zero attached hydrogens (tertiary/aromatic N) is 1. The Morgan fingerprint density at radius 3 is 2.72 bits per heavy atom. The van der Waals surface area contributed by atoms with Gasteiger partial charge in [-0.05, 0) is 12.1 Å². The molecule has 0 unspecified atom stereocenters. The molecule has 0 N–H and O–H groups in total. The molecule has 0 fully saturated rings. The summed E-state index contributed by atoms with van der Waals surface area (Å²) in [7, 11) is 2.88. The average molecular weight is 247 g/mol. The minimum atomic E-state index is -0.372. The van der Waals surface area contributed by atoms with Crippen LogP contribution in [0, 0.1) is 0 Å². The van der Waals surface area contributed by atoms with Gasteiger partial charge in [0.25, 0.3) is 0 Å². The minimum Gasteiger partial charge on any atom is -0.497 e. The van der Waals surface area contributed by atoms with Gasteiger partial charge in [0.15, 0.2) is 5.43 Å². The van der Waals surface area contributed by atoms with Crippen LogP contribution in [0.4, 0.5) is 0 Å². The molecule has 0 saturated carbocycles. The maximum Gasteiger partial charge on any atom is 0.325 e. The van der Waals surface area contributed by atoms with E-state index in [9.17, 15) is 9.59 Å². The number of hydrogen-bond acceptors (Lipinski definition) is 4. The Balaban J connectivity index is 2.62. The molecule has 0 aliphatic carbocycles. The van der Waals surface area contributed by atoms with E-state index in [1.807, 2.05) is 0 Å². The van der Waals surface area contributed by atoms with Gasteiger partial charge < -0.3 is 14.0 Å². The lowest BCUT2D eigenvalue weighted by Crippen LogP contribution is -2.15. The van der Waals surface area contributed by atoms with Gasteiger partial charge in [0.05, 0.1) is 19.7 Å². The third-order valence-electron chi connectivity index (χ3n) is 2.71. The molecule has 0 bridgehead atoms.